The Morgan fingerprint density at radius 2 is 1.79 bits per heavy atom. The van der Waals surface area contributed by atoms with Gasteiger partial charge in [0.1, 0.15) is 29.3 Å². The molecule has 9 heteroatoms. The van der Waals surface area contributed by atoms with Crippen molar-refractivity contribution in [1.29, 1.82) is 0 Å². The number of pyridine rings is 1. The summed E-state index contributed by atoms with van der Waals surface area (Å²) in [6.07, 6.45) is 3.17. The molecule has 0 amide bonds. The molecule has 0 spiro atoms. The fraction of sp³-hybridized carbons (Fsp3) is 0.200. The molecule has 4 heterocycles. The summed E-state index contributed by atoms with van der Waals surface area (Å²) in [7, 11) is 0. The van der Waals surface area contributed by atoms with Crippen LogP contribution in [0.15, 0.2) is 59.4 Å². The van der Waals surface area contributed by atoms with Crippen LogP contribution in [0.3, 0.4) is 0 Å². The minimum Gasteiger partial charge on any atom is -0.436 e. The first-order valence-corrected chi connectivity index (χ1v) is 10.6. The van der Waals surface area contributed by atoms with E-state index in [1.165, 1.54) is 24.5 Å². The van der Waals surface area contributed by atoms with Gasteiger partial charge in [-0.25, -0.2) is 23.7 Å². The normalized spacial score (nSPS) is 11.9. The molecule has 1 aromatic carbocycles. The number of aryl methyl sites for hydroxylation is 1. The van der Waals surface area contributed by atoms with Crippen molar-refractivity contribution in [2.75, 3.05) is 0 Å². The predicted molar refractivity (Wildman–Crippen MR) is 123 cm³/mol. The Labute approximate surface area is 193 Å². The molecule has 7 nitrogen and oxygen atoms in total. The van der Waals surface area contributed by atoms with Crippen LogP contribution in [0.25, 0.3) is 45.1 Å². The first-order chi connectivity index (χ1) is 16.2. The van der Waals surface area contributed by atoms with E-state index in [-0.39, 0.29) is 18.1 Å². The first kappa shape index (κ1) is 21.8. The molecule has 0 saturated carbocycles. The maximum atomic E-state index is 13.7. The molecule has 34 heavy (non-hydrogen) atoms. The Hall–Kier alpha value is -3.98. The Morgan fingerprint density at radius 3 is 2.50 bits per heavy atom. The van der Waals surface area contributed by atoms with Gasteiger partial charge in [-0.05, 0) is 63.2 Å². The number of rotatable bonds is 5. The highest BCUT2D eigenvalue weighted by atomic mass is 19.1. The largest absolute Gasteiger partial charge is 0.436 e. The monoisotopic (exact) mass is 461 g/mol. The van der Waals surface area contributed by atoms with Crippen LogP contribution < -0.4 is 0 Å². The van der Waals surface area contributed by atoms with Crippen LogP contribution in [0.1, 0.15) is 19.5 Å². The third kappa shape index (κ3) is 4.17. The number of aromatic nitrogens is 5. The quantitative estimate of drug-likeness (QED) is 0.388. The fourth-order valence-electron chi connectivity index (χ4n) is 3.77. The van der Waals surface area contributed by atoms with Crippen molar-refractivity contribution in [3.63, 3.8) is 0 Å². The number of hydrogen-bond donors (Lipinski definition) is 1. The maximum Gasteiger partial charge on any atom is 0.230 e. The summed E-state index contributed by atoms with van der Waals surface area (Å²) in [4.78, 5) is 13.0. The van der Waals surface area contributed by atoms with Gasteiger partial charge < -0.3 is 9.52 Å². The fourth-order valence-corrected chi connectivity index (χ4v) is 3.77. The summed E-state index contributed by atoms with van der Waals surface area (Å²) in [5.41, 5.74) is 2.55. The molecule has 0 atom stereocenters. The second-order valence-corrected chi connectivity index (χ2v) is 8.72. The molecular formula is C25H21F2N5O2. The van der Waals surface area contributed by atoms with Crippen molar-refractivity contribution in [3.8, 4) is 34.0 Å². The van der Waals surface area contributed by atoms with Gasteiger partial charge in [0, 0.05) is 17.3 Å². The lowest BCUT2D eigenvalue weighted by molar-refractivity contribution is 0.0578. The molecule has 0 fully saturated rings. The van der Waals surface area contributed by atoms with Gasteiger partial charge in [-0.2, -0.15) is 5.10 Å². The van der Waals surface area contributed by atoms with E-state index in [9.17, 15) is 13.9 Å². The van der Waals surface area contributed by atoms with Crippen LogP contribution in [0.2, 0.25) is 0 Å². The summed E-state index contributed by atoms with van der Waals surface area (Å²) >= 11 is 0. The lowest BCUT2D eigenvalue weighted by Crippen LogP contribution is -2.26. The van der Waals surface area contributed by atoms with Gasteiger partial charge in [0.25, 0.3) is 0 Å². The van der Waals surface area contributed by atoms with Gasteiger partial charge in [0.2, 0.25) is 5.71 Å². The third-order valence-corrected chi connectivity index (χ3v) is 5.29. The lowest BCUT2D eigenvalue weighted by atomic mass is 10.0. The Morgan fingerprint density at radius 1 is 1.03 bits per heavy atom. The molecule has 0 radical (unpaired) electrons. The molecule has 0 bridgehead atoms. The Balaban J connectivity index is 1.68. The standard InChI is InChI=1S/C25H21F2N5O2/c1-14-19(27)8-9-20(30-14)21-10-17-23(28-13-29-24(17)34-21)18-11-32(12-25(2,3)33)31-22(18)15-4-6-16(26)7-5-15/h4-11,13,33H,12H2,1-3H3. The second kappa shape index (κ2) is 8.11. The van der Waals surface area contributed by atoms with E-state index in [0.29, 0.717) is 45.1 Å². The highest BCUT2D eigenvalue weighted by molar-refractivity contribution is 5.95. The number of fused-ring (bicyclic) bond motifs is 1. The van der Waals surface area contributed by atoms with E-state index in [1.54, 1.807) is 55.9 Å². The van der Waals surface area contributed by atoms with E-state index in [1.807, 2.05) is 0 Å². The van der Waals surface area contributed by atoms with Gasteiger partial charge in [-0.3, -0.25) is 4.68 Å². The van der Waals surface area contributed by atoms with Crippen molar-refractivity contribution >= 4 is 11.1 Å². The molecule has 5 aromatic rings. The minimum absolute atomic E-state index is 0.241. The van der Waals surface area contributed by atoms with E-state index < -0.39 is 11.4 Å². The third-order valence-electron chi connectivity index (χ3n) is 5.29. The SMILES string of the molecule is Cc1nc(-c2cc3c(-c4cn(CC(C)(C)O)nc4-c4ccc(F)cc4)ncnc3o2)ccc1F. The zero-order valence-electron chi connectivity index (χ0n) is 18.8. The molecule has 0 aliphatic rings. The summed E-state index contributed by atoms with van der Waals surface area (Å²) in [5, 5.41) is 15.6. The van der Waals surface area contributed by atoms with Crippen molar-refractivity contribution in [2.24, 2.45) is 0 Å². The van der Waals surface area contributed by atoms with E-state index in [0.717, 1.165) is 0 Å². The maximum absolute atomic E-state index is 13.7. The van der Waals surface area contributed by atoms with Gasteiger partial charge in [-0.15, -0.1) is 0 Å². The Bertz CT molecular complexity index is 1500. The van der Waals surface area contributed by atoms with Crippen molar-refractivity contribution in [3.05, 3.63) is 72.3 Å². The molecular weight excluding hydrogens is 440 g/mol. The molecule has 0 aliphatic heterocycles. The number of benzene rings is 1. The average molecular weight is 461 g/mol. The topological polar surface area (TPSA) is 89.9 Å². The Kier molecular flexibility index (Phi) is 5.21. The zero-order valence-corrected chi connectivity index (χ0v) is 18.8. The molecule has 1 N–H and O–H groups in total. The molecule has 0 unspecified atom stereocenters. The molecule has 0 saturated heterocycles. The predicted octanol–water partition coefficient (Wildman–Crippen LogP) is 5.17. The van der Waals surface area contributed by atoms with Crippen LogP contribution in [0.5, 0.6) is 0 Å². The first-order valence-electron chi connectivity index (χ1n) is 10.6. The van der Waals surface area contributed by atoms with Crippen LogP contribution in [-0.4, -0.2) is 35.4 Å². The summed E-state index contributed by atoms with van der Waals surface area (Å²) in [5.74, 6) is -0.331. The van der Waals surface area contributed by atoms with Crippen molar-refractivity contribution in [2.45, 2.75) is 32.9 Å². The van der Waals surface area contributed by atoms with E-state index in [2.05, 4.69) is 20.1 Å². The van der Waals surface area contributed by atoms with Crippen LogP contribution in [-0.2, 0) is 6.54 Å². The number of aliphatic hydroxyl groups is 1. The summed E-state index contributed by atoms with van der Waals surface area (Å²) in [6.45, 7) is 5.20. The molecule has 5 rings (SSSR count). The number of halogens is 2. The smallest absolute Gasteiger partial charge is 0.230 e. The van der Waals surface area contributed by atoms with Crippen molar-refractivity contribution < 1.29 is 18.3 Å². The average Bonchev–Trinajstić information content (AvgIpc) is 3.39. The van der Waals surface area contributed by atoms with E-state index in [4.69, 9.17) is 4.42 Å². The van der Waals surface area contributed by atoms with Crippen LogP contribution in [0.4, 0.5) is 8.78 Å². The minimum atomic E-state index is -1.00. The van der Waals surface area contributed by atoms with Gasteiger partial charge in [0.05, 0.1) is 28.9 Å². The second-order valence-electron chi connectivity index (χ2n) is 8.72. The van der Waals surface area contributed by atoms with Crippen molar-refractivity contribution in [1.82, 2.24) is 24.7 Å². The summed E-state index contributed by atoms with van der Waals surface area (Å²) < 4.78 is 34.8. The van der Waals surface area contributed by atoms with Gasteiger partial charge in [0.15, 0.2) is 5.76 Å². The molecule has 0 aliphatic carbocycles. The number of hydrogen-bond acceptors (Lipinski definition) is 6. The number of furan rings is 1. The lowest BCUT2D eigenvalue weighted by Gasteiger charge is -2.16. The molecule has 4 aromatic heterocycles. The summed E-state index contributed by atoms with van der Waals surface area (Å²) in [6, 6.07) is 10.6. The zero-order chi connectivity index (χ0) is 24.0. The highest BCUT2D eigenvalue weighted by Crippen LogP contribution is 2.36. The number of nitrogens with zero attached hydrogens (tertiary/aromatic N) is 5. The van der Waals surface area contributed by atoms with Gasteiger partial charge in [-0.1, -0.05) is 0 Å². The highest BCUT2D eigenvalue weighted by Gasteiger charge is 2.22. The van der Waals surface area contributed by atoms with E-state index >= 15 is 0 Å². The molecule has 172 valence electrons. The van der Waals surface area contributed by atoms with Crippen LogP contribution in [0, 0.1) is 18.6 Å². The van der Waals surface area contributed by atoms with Gasteiger partial charge >= 0.3 is 0 Å². The van der Waals surface area contributed by atoms with Crippen LogP contribution >= 0.6 is 0 Å².